The molecule has 1 aromatic carbocycles. The fourth-order valence-corrected chi connectivity index (χ4v) is 2.75. The molecular formula is C17H26N2O2. The highest BCUT2D eigenvalue weighted by Gasteiger charge is 2.35. The molecule has 1 aromatic rings. The number of nitrogens with one attached hydrogen (secondary N) is 1. The molecule has 2 rings (SSSR count). The van der Waals surface area contributed by atoms with Crippen molar-refractivity contribution in [1.82, 2.24) is 5.32 Å². The molecular weight excluding hydrogens is 264 g/mol. The Kier molecular flexibility index (Phi) is 5.23. The van der Waals surface area contributed by atoms with Crippen molar-refractivity contribution < 1.29 is 9.53 Å². The van der Waals surface area contributed by atoms with E-state index < -0.39 is 5.54 Å². The molecule has 1 aliphatic rings. The van der Waals surface area contributed by atoms with E-state index in [9.17, 15) is 4.79 Å². The first-order chi connectivity index (χ1) is 9.99. The number of rotatable bonds is 5. The summed E-state index contributed by atoms with van der Waals surface area (Å²) in [5.41, 5.74) is 6.70. The van der Waals surface area contributed by atoms with Crippen LogP contribution >= 0.6 is 0 Å². The van der Waals surface area contributed by atoms with Crippen molar-refractivity contribution >= 4 is 5.91 Å². The standard InChI is InChI=1S/C17H26N2O2/c1-13-7-6-8-15(11-13)21-12-14(2)19-16(20)17(18)9-4-3-5-10-17/h6-8,11,14H,3-5,9-10,12,18H2,1-2H3,(H,19,20). The van der Waals surface area contributed by atoms with Gasteiger partial charge < -0.3 is 15.8 Å². The largest absolute Gasteiger partial charge is 0.491 e. The molecule has 1 amide bonds. The van der Waals surface area contributed by atoms with Crippen molar-refractivity contribution in [1.29, 1.82) is 0 Å². The summed E-state index contributed by atoms with van der Waals surface area (Å²) in [5.74, 6) is 0.791. The van der Waals surface area contributed by atoms with Crippen molar-refractivity contribution in [3.8, 4) is 5.75 Å². The van der Waals surface area contributed by atoms with Crippen LogP contribution in [-0.2, 0) is 4.79 Å². The Morgan fingerprint density at radius 2 is 2.10 bits per heavy atom. The van der Waals surface area contributed by atoms with Gasteiger partial charge in [0.25, 0.3) is 0 Å². The lowest BCUT2D eigenvalue weighted by Gasteiger charge is -2.33. The van der Waals surface area contributed by atoms with Crippen molar-refractivity contribution in [2.45, 2.75) is 57.5 Å². The summed E-state index contributed by atoms with van der Waals surface area (Å²) in [5, 5.41) is 2.99. The Morgan fingerprint density at radius 3 is 2.76 bits per heavy atom. The van der Waals surface area contributed by atoms with Crippen LogP contribution in [0, 0.1) is 6.92 Å². The first kappa shape index (κ1) is 15.8. The van der Waals surface area contributed by atoms with Gasteiger partial charge in [-0.05, 0) is 44.4 Å². The average molecular weight is 290 g/mol. The van der Waals surface area contributed by atoms with E-state index >= 15 is 0 Å². The maximum Gasteiger partial charge on any atom is 0.240 e. The van der Waals surface area contributed by atoms with E-state index in [0.717, 1.165) is 37.0 Å². The van der Waals surface area contributed by atoms with Gasteiger partial charge in [-0.2, -0.15) is 0 Å². The summed E-state index contributed by atoms with van der Waals surface area (Å²) >= 11 is 0. The minimum absolute atomic E-state index is 0.0393. The van der Waals surface area contributed by atoms with Gasteiger partial charge in [0.1, 0.15) is 12.4 Å². The Balaban J connectivity index is 1.81. The summed E-state index contributed by atoms with van der Waals surface area (Å²) in [7, 11) is 0. The number of hydrogen-bond acceptors (Lipinski definition) is 3. The van der Waals surface area contributed by atoms with Crippen molar-refractivity contribution in [3.63, 3.8) is 0 Å². The summed E-state index contributed by atoms with van der Waals surface area (Å²) < 4.78 is 5.71. The lowest BCUT2D eigenvalue weighted by Crippen LogP contribution is -2.57. The summed E-state index contributed by atoms with van der Waals surface area (Å²) in [4.78, 5) is 12.3. The van der Waals surface area contributed by atoms with Gasteiger partial charge in [-0.25, -0.2) is 0 Å². The number of benzene rings is 1. The quantitative estimate of drug-likeness (QED) is 0.876. The van der Waals surface area contributed by atoms with Gasteiger partial charge in [0, 0.05) is 0 Å². The van der Waals surface area contributed by atoms with E-state index in [1.807, 2.05) is 38.1 Å². The van der Waals surface area contributed by atoms with E-state index in [1.54, 1.807) is 0 Å². The Morgan fingerprint density at radius 1 is 1.38 bits per heavy atom. The van der Waals surface area contributed by atoms with E-state index in [2.05, 4.69) is 5.32 Å². The predicted octanol–water partition coefficient (Wildman–Crippen LogP) is 2.54. The molecule has 1 saturated carbocycles. The highest BCUT2D eigenvalue weighted by Crippen LogP contribution is 2.26. The van der Waals surface area contributed by atoms with Crippen LogP contribution in [0.5, 0.6) is 5.75 Å². The van der Waals surface area contributed by atoms with Crippen LogP contribution < -0.4 is 15.8 Å². The molecule has 4 nitrogen and oxygen atoms in total. The molecule has 0 radical (unpaired) electrons. The molecule has 4 heteroatoms. The smallest absolute Gasteiger partial charge is 0.240 e. The SMILES string of the molecule is Cc1cccc(OCC(C)NC(=O)C2(N)CCCCC2)c1. The first-order valence-electron chi connectivity index (χ1n) is 7.79. The number of carbonyl (C=O) groups is 1. The maximum absolute atomic E-state index is 12.3. The third-order valence-corrected chi connectivity index (χ3v) is 4.07. The van der Waals surface area contributed by atoms with E-state index in [4.69, 9.17) is 10.5 Å². The summed E-state index contributed by atoms with van der Waals surface area (Å²) in [6.45, 7) is 4.42. The number of amides is 1. The number of hydrogen-bond donors (Lipinski definition) is 2. The molecule has 0 spiro atoms. The van der Waals surface area contributed by atoms with Gasteiger partial charge in [-0.15, -0.1) is 0 Å². The fraction of sp³-hybridized carbons (Fsp3) is 0.588. The van der Waals surface area contributed by atoms with Gasteiger partial charge in [0.05, 0.1) is 11.6 Å². The van der Waals surface area contributed by atoms with Gasteiger partial charge in [-0.3, -0.25) is 4.79 Å². The molecule has 21 heavy (non-hydrogen) atoms. The van der Waals surface area contributed by atoms with E-state index in [-0.39, 0.29) is 11.9 Å². The Bertz CT molecular complexity index is 481. The van der Waals surface area contributed by atoms with Gasteiger partial charge in [0.2, 0.25) is 5.91 Å². The number of ether oxygens (including phenoxy) is 1. The van der Waals surface area contributed by atoms with Crippen LogP contribution in [0.2, 0.25) is 0 Å². The minimum Gasteiger partial charge on any atom is -0.491 e. The highest BCUT2D eigenvalue weighted by atomic mass is 16.5. The third-order valence-electron chi connectivity index (χ3n) is 4.07. The van der Waals surface area contributed by atoms with Crippen molar-refractivity contribution in [2.24, 2.45) is 5.73 Å². The lowest BCUT2D eigenvalue weighted by molar-refractivity contribution is -0.128. The number of carbonyl (C=O) groups excluding carboxylic acids is 1. The summed E-state index contributed by atoms with van der Waals surface area (Å²) in [6.07, 6.45) is 4.82. The molecule has 0 saturated heterocycles. The van der Waals surface area contributed by atoms with Crippen LogP contribution in [-0.4, -0.2) is 24.1 Å². The average Bonchev–Trinajstić information content (AvgIpc) is 2.46. The zero-order valence-electron chi connectivity index (χ0n) is 13.0. The molecule has 0 aromatic heterocycles. The monoisotopic (exact) mass is 290 g/mol. The first-order valence-corrected chi connectivity index (χ1v) is 7.79. The van der Waals surface area contributed by atoms with Crippen LogP contribution in [0.4, 0.5) is 0 Å². The van der Waals surface area contributed by atoms with Crippen molar-refractivity contribution in [2.75, 3.05) is 6.61 Å². The second-order valence-electron chi connectivity index (χ2n) is 6.22. The topological polar surface area (TPSA) is 64.3 Å². The van der Waals surface area contributed by atoms with E-state index in [1.165, 1.54) is 6.42 Å². The van der Waals surface area contributed by atoms with Crippen LogP contribution in [0.15, 0.2) is 24.3 Å². The van der Waals surface area contributed by atoms with Crippen LogP contribution in [0.1, 0.15) is 44.6 Å². The second-order valence-corrected chi connectivity index (χ2v) is 6.22. The molecule has 1 atom stereocenters. The minimum atomic E-state index is -0.685. The molecule has 1 fully saturated rings. The van der Waals surface area contributed by atoms with Crippen molar-refractivity contribution in [3.05, 3.63) is 29.8 Å². The van der Waals surface area contributed by atoms with Crippen LogP contribution in [0.25, 0.3) is 0 Å². The molecule has 3 N–H and O–H groups in total. The van der Waals surface area contributed by atoms with Gasteiger partial charge >= 0.3 is 0 Å². The molecule has 1 aliphatic carbocycles. The maximum atomic E-state index is 12.3. The van der Waals surface area contributed by atoms with Gasteiger partial charge in [0.15, 0.2) is 0 Å². The molecule has 0 aliphatic heterocycles. The molecule has 116 valence electrons. The zero-order valence-corrected chi connectivity index (χ0v) is 13.0. The lowest BCUT2D eigenvalue weighted by atomic mass is 9.82. The highest BCUT2D eigenvalue weighted by molar-refractivity contribution is 5.86. The number of aryl methyl sites for hydroxylation is 1. The Labute approximate surface area is 127 Å². The molecule has 1 unspecified atom stereocenters. The summed E-state index contributed by atoms with van der Waals surface area (Å²) in [6, 6.07) is 7.84. The fourth-order valence-electron chi connectivity index (χ4n) is 2.75. The zero-order chi connectivity index (χ0) is 15.3. The molecule has 0 heterocycles. The number of nitrogens with two attached hydrogens (primary N) is 1. The van der Waals surface area contributed by atoms with Crippen LogP contribution in [0.3, 0.4) is 0 Å². The third kappa shape index (κ3) is 4.46. The van der Waals surface area contributed by atoms with E-state index in [0.29, 0.717) is 6.61 Å². The normalized spacial score (nSPS) is 18.8. The Hall–Kier alpha value is -1.55. The molecule has 0 bridgehead atoms. The van der Waals surface area contributed by atoms with Gasteiger partial charge in [-0.1, -0.05) is 31.4 Å². The second kappa shape index (κ2) is 6.94. The predicted molar refractivity (Wildman–Crippen MR) is 84.3 cm³/mol.